The highest BCUT2D eigenvalue weighted by Crippen LogP contribution is 2.84. The highest BCUT2D eigenvalue weighted by Gasteiger charge is 2.82. The minimum Gasteiger partial charge on any atom is -0.393 e. The average molecular weight is 122 g/mol. The molecule has 4 rings (SSSR count). The van der Waals surface area contributed by atoms with Crippen LogP contribution >= 0.6 is 0 Å². The maximum atomic E-state index is 9.55. The minimum atomic E-state index is 0.156. The van der Waals surface area contributed by atoms with Gasteiger partial charge in [-0.25, -0.2) is 0 Å². The molecule has 0 aromatic rings. The largest absolute Gasteiger partial charge is 0.393 e. The van der Waals surface area contributed by atoms with E-state index in [0.29, 0.717) is 0 Å². The molecule has 1 N–H and O–H groups in total. The minimum absolute atomic E-state index is 0.156. The van der Waals surface area contributed by atoms with Crippen molar-refractivity contribution in [1.82, 2.24) is 0 Å². The molecule has 0 radical (unpaired) electrons. The molecular weight excluding hydrogens is 112 g/mol. The van der Waals surface area contributed by atoms with Crippen molar-refractivity contribution in [2.75, 3.05) is 0 Å². The Bertz CT molecular complexity index is 153. The van der Waals surface area contributed by atoms with E-state index < -0.39 is 0 Å². The summed E-state index contributed by atoms with van der Waals surface area (Å²) in [6.07, 6.45) is 1.64. The van der Waals surface area contributed by atoms with Crippen molar-refractivity contribution in [2.45, 2.75) is 12.5 Å². The van der Waals surface area contributed by atoms with E-state index in [2.05, 4.69) is 0 Å². The topological polar surface area (TPSA) is 20.2 Å². The van der Waals surface area contributed by atoms with Gasteiger partial charge in [0.2, 0.25) is 0 Å². The smallest absolute Gasteiger partial charge is 0.0607 e. The molecule has 4 fully saturated rings. The van der Waals surface area contributed by atoms with Crippen LogP contribution in [0.2, 0.25) is 0 Å². The molecule has 9 heavy (non-hydrogen) atoms. The molecular formula is C8H10O. The SMILES string of the molecule is OC1C2C3CC4C1C4C32. The molecule has 48 valence electrons. The molecule has 0 spiro atoms. The van der Waals surface area contributed by atoms with Gasteiger partial charge in [-0.15, -0.1) is 0 Å². The van der Waals surface area contributed by atoms with Gasteiger partial charge in [-0.1, -0.05) is 0 Å². The molecule has 0 bridgehead atoms. The summed E-state index contributed by atoms with van der Waals surface area (Å²) in [7, 11) is 0. The molecule has 0 aromatic carbocycles. The van der Waals surface area contributed by atoms with E-state index in [4.69, 9.17) is 0 Å². The van der Waals surface area contributed by atoms with Crippen molar-refractivity contribution in [3.05, 3.63) is 0 Å². The Morgan fingerprint density at radius 3 is 1.67 bits per heavy atom. The van der Waals surface area contributed by atoms with Gasteiger partial charge < -0.3 is 5.11 Å². The predicted octanol–water partition coefficient (Wildman–Crippen LogP) is 0.489. The zero-order chi connectivity index (χ0) is 5.75. The van der Waals surface area contributed by atoms with Crippen LogP contribution in [0.5, 0.6) is 0 Å². The third-order valence-corrected chi connectivity index (χ3v) is 4.36. The summed E-state index contributed by atoms with van der Waals surface area (Å²) < 4.78 is 0. The molecule has 0 amide bonds. The van der Waals surface area contributed by atoms with Crippen molar-refractivity contribution in [3.63, 3.8) is 0 Å². The predicted molar refractivity (Wildman–Crippen MR) is 31.6 cm³/mol. The van der Waals surface area contributed by atoms with Gasteiger partial charge in [0.15, 0.2) is 0 Å². The van der Waals surface area contributed by atoms with Gasteiger partial charge in [0.1, 0.15) is 0 Å². The lowest BCUT2D eigenvalue weighted by Gasteiger charge is -2.13. The fourth-order valence-corrected chi connectivity index (χ4v) is 4.10. The number of aliphatic hydroxyl groups is 1. The van der Waals surface area contributed by atoms with Gasteiger partial charge in [-0.2, -0.15) is 0 Å². The molecule has 4 aliphatic rings. The van der Waals surface area contributed by atoms with Gasteiger partial charge in [0.05, 0.1) is 6.10 Å². The number of fused-ring (bicyclic) bond motifs is 2. The Morgan fingerprint density at radius 2 is 1.44 bits per heavy atom. The zero-order valence-electron chi connectivity index (χ0n) is 5.20. The Morgan fingerprint density at radius 1 is 0.889 bits per heavy atom. The normalized spacial score (nSPS) is 87.0. The van der Waals surface area contributed by atoms with E-state index in [1.165, 1.54) is 6.42 Å². The number of rotatable bonds is 0. The summed E-state index contributed by atoms with van der Waals surface area (Å²) in [4.78, 5) is 0. The Hall–Kier alpha value is -0.0400. The van der Waals surface area contributed by atoms with Crippen LogP contribution in [-0.4, -0.2) is 11.2 Å². The fourth-order valence-electron chi connectivity index (χ4n) is 4.10. The van der Waals surface area contributed by atoms with E-state index in [0.717, 1.165) is 35.5 Å². The molecule has 4 aliphatic carbocycles. The van der Waals surface area contributed by atoms with Gasteiger partial charge in [0.25, 0.3) is 0 Å². The van der Waals surface area contributed by atoms with E-state index >= 15 is 0 Å². The van der Waals surface area contributed by atoms with E-state index in [1.54, 1.807) is 0 Å². The van der Waals surface area contributed by atoms with Crippen LogP contribution in [0, 0.1) is 35.5 Å². The van der Waals surface area contributed by atoms with Crippen molar-refractivity contribution < 1.29 is 5.11 Å². The Labute approximate surface area is 54.1 Å². The first kappa shape index (κ1) is 3.97. The van der Waals surface area contributed by atoms with Gasteiger partial charge in [0, 0.05) is 0 Å². The fraction of sp³-hybridized carbons (Fsp3) is 1.00. The molecule has 0 aliphatic heterocycles. The quantitative estimate of drug-likeness (QED) is 0.495. The summed E-state index contributed by atoms with van der Waals surface area (Å²) in [6.45, 7) is 0. The van der Waals surface area contributed by atoms with Crippen LogP contribution in [0.15, 0.2) is 0 Å². The van der Waals surface area contributed by atoms with E-state index in [1.807, 2.05) is 0 Å². The van der Waals surface area contributed by atoms with Crippen LogP contribution in [0.25, 0.3) is 0 Å². The summed E-state index contributed by atoms with van der Waals surface area (Å²) in [6, 6.07) is 0. The summed E-state index contributed by atoms with van der Waals surface area (Å²) >= 11 is 0. The molecule has 0 heterocycles. The first-order chi connectivity index (χ1) is 4.39. The van der Waals surface area contributed by atoms with Crippen molar-refractivity contribution in [2.24, 2.45) is 35.5 Å². The second-order valence-corrected chi connectivity index (χ2v) is 4.36. The highest BCUT2D eigenvalue weighted by molar-refractivity contribution is 5.30. The monoisotopic (exact) mass is 122 g/mol. The van der Waals surface area contributed by atoms with E-state index in [9.17, 15) is 5.11 Å². The number of hydrogen-bond donors (Lipinski definition) is 1. The molecule has 6 atom stereocenters. The summed E-state index contributed by atoms with van der Waals surface area (Å²) in [5.41, 5.74) is 0. The second kappa shape index (κ2) is 0.800. The third-order valence-electron chi connectivity index (χ3n) is 4.36. The standard InChI is InChI=1S/C8H10O/c9-8-6-2-1-3-5(4(2)6)7(3)8/h2-9H,1H2. The first-order valence-electron chi connectivity index (χ1n) is 4.07. The van der Waals surface area contributed by atoms with Gasteiger partial charge in [-0.3, -0.25) is 0 Å². The molecule has 4 saturated carbocycles. The molecule has 1 heteroatoms. The Balaban J connectivity index is 1.96. The lowest BCUT2D eigenvalue weighted by Crippen LogP contribution is -2.17. The van der Waals surface area contributed by atoms with Crippen LogP contribution in [0.1, 0.15) is 6.42 Å². The first-order valence-corrected chi connectivity index (χ1v) is 4.07. The highest BCUT2D eigenvalue weighted by atomic mass is 16.3. The molecule has 0 aromatic heterocycles. The van der Waals surface area contributed by atoms with Crippen LogP contribution in [0.3, 0.4) is 0 Å². The van der Waals surface area contributed by atoms with Crippen LogP contribution < -0.4 is 0 Å². The lowest BCUT2D eigenvalue weighted by atomic mass is 9.98. The average Bonchev–Trinajstić information content (AvgIpc) is 2.65. The lowest BCUT2D eigenvalue weighted by molar-refractivity contribution is 0.105. The number of hydrogen-bond acceptors (Lipinski definition) is 1. The van der Waals surface area contributed by atoms with Crippen molar-refractivity contribution in [1.29, 1.82) is 0 Å². The molecule has 0 saturated heterocycles. The molecule has 6 unspecified atom stereocenters. The summed E-state index contributed by atoms with van der Waals surface area (Å²) in [5.74, 6) is 5.64. The van der Waals surface area contributed by atoms with Crippen molar-refractivity contribution >= 4 is 0 Å². The maximum Gasteiger partial charge on any atom is 0.0607 e. The van der Waals surface area contributed by atoms with Crippen molar-refractivity contribution in [3.8, 4) is 0 Å². The van der Waals surface area contributed by atoms with Gasteiger partial charge in [-0.05, 0) is 41.9 Å². The van der Waals surface area contributed by atoms with Gasteiger partial charge >= 0.3 is 0 Å². The zero-order valence-corrected chi connectivity index (χ0v) is 5.20. The summed E-state index contributed by atoms with van der Waals surface area (Å²) in [5, 5.41) is 9.55. The third kappa shape index (κ3) is 0.219. The molecule has 1 nitrogen and oxygen atoms in total. The van der Waals surface area contributed by atoms with Crippen LogP contribution in [-0.2, 0) is 0 Å². The Kier molecular flexibility index (Phi) is 0.353. The second-order valence-electron chi connectivity index (χ2n) is 4.36. The maximum absolute atomic E-state index is 9.55. The number of aliphatic hydroxyl groups excluding tert-OH is 1. The van der Waals surface area contributed by atoms with E-state index in [-0.39, 0.29) is 6.10 Å². The van der Waals surface area contributed by atoms with Crippen LogP contribution in [0.4, 0.5) is 0 Å².